The molecule has 3 aliphatic rings. The number of nitrogens with zero attached hydrogens (tertiary/aromatic N) is 5. The molecule has 0 unspecified atom stereocenters. The number of nitrogens with one attached hydrogen (secondary N) is 2. The molecule has 1 aliphatic carbocycles. The van der Waals surface area contributed by atoms with Gasteiger partial charge in [-0.25, -0.2) is 9.18 Å². The first-order chi connectivity index (χ1) is 16.9. The molecule has 0 atom stereocenters. The second-order valence-electron chi connectivity index (χ2n) is 11.4. The van der Waals surface area contributed by atoms with Crippen LogP contribution in [0.5, 0.6) is 0 Å². The molecule has 1 spiro atoms. The van der Waals surface area contributed by atoms with Gasteiger partial charge in [-0.15, -0.1) is 0 Å². The highest BCUT2D eigenvalue weighted by atomic mass is 19.1. The minimum atomic E-state index is -1.27. The fourth-order valence-corrected chi connectivity index (χ4v) is 5.40. The molecule has 2 aromatic heterocycles. The van der Waals surface area contributed by atoms with Gasteiger partial charge in [0, 0.05) is 24.5 Å². The number of hydrogen-bond acceptors (Lipinski definition) is 7. The zero-order valence-corrected chi connectivity index (χ0v) is 21.1. The summed E-state index contributed by atoms with van der Waals surface area (Å²) in [6.07, 6.45) is 7.81. The zero-order valence-electron chi connectivity index (χ0n) is 21.1. The average molecular weight is 499 g/mol. The number of halogens is 1. The number of carbonyl (C=O) groups excluding carboxylic acids is 1. The number of alkyl halides is 1. The lowest BCUT2D eigenvalue weighted by molar-refractivity contribution is 0.0590. The maximum Gasteiger partial charge on any atom is 0.322 e. The number of likely N-dealkylation sites (tertiary alicyclic amines) is 1. The molecule has 2 saturated heterocycles. The third kappa shape index (κ3) is 4.52. The number of rotatable bonds is 6. The molecule has 0 aromatic carbocycles. The molecule has 1 saturated carbocycles. The Morgan fingerprint density at radius 2 is 2.06 bits per heavy atom. The minimum Gasteiger partial charge on any atom is -0.395 e. The van der Waals surface area contributed by atoms with Gasteiger partial charge >= 0.3 is 6.03 Å². The van der Waals surface area contributed by atoms with Crippen LogP contribution < -0.4 is 16.0 Å². The van der Waals surface area contributed by atoms with Crippen LogP contribution in [0.4, 0.5) is 15.0 Å². The van der Waals surface area contributed by atoms with Crippen molar-refractivity contribution in [2.24, 2.45) is 5.73 Å². The van der Waals surface area contributed by atoms with Crippen molar-refractivity contribution in [2.75, 3.05) is 24.5 Å². The summed E-state index contributed by atoms with van der Waals surface area (Å²) in [7, 11) is 0. The van der Waals surface area contributed by atoms with E-state index >= 15 is 0 Å². The van der Waals surface area contributed by atoms with E-state index in [4.69, 9.17) is 11.1 Å². The highest BCUT2D eigenvalue weighted by Gasteiger charge is 2.51. The van der Waals surface area contributed by atoms with E-state index in [1.165, 1.54) is 0 Å². The SMILES string of the molecule is CC(C)(O)Cn1nc(N2CC(C)(F)C2)c2cnc(/C(N)=C(/C=N)NC(=O)N3CCCCC34CC4)cc21. The Morgan fingerprint density at radius 3 is 2.67 bits per heavy atom. The first-order valence-corrected chi connectivity index (χ1v) is 12.5. The van der Waals surface area contributed by atoms with Gasteiger partial charge in [-0.2, -0.15) is 5.10 Å². The van der Waals surface area contributed by atoms with Crippen LogP contribution in [0.2, 0.25) is 0 Å². The Bertz CT molecular complexity index is 1230. The third-order valence-electron chi connectivity index (χ3n) is 7.36. The van der Waals surface area contributed by atoms with E-state index in [2.05, 4.69) is 15.4 Å². The maximum absolute atomic E-state index is 14.2. The van der Waals surface area contributed by atoms with Crippen LogP contribution >= 0.6 is 0 Å². The summed E-state index contributed by atoms with van der Waals surface area (Å²) in [4.78, 5) is 21.3. The Hall–Kier alpha value is -3.21. The highest BCUT2D eigenvalue weighted by Crippen LogP contribution is 2.48. The van der Waals surface area contributed by atoms with Gasteiger partial charge in [0.25, 0.3) is 0 Å². The van der Waals surface area contributed by atoms with E-state index in [9.17, 15) is 14.3 Å². The summed E-state index contributed by atoms with van der Waals surface area (Å²) < 4.78 is 15.9. The highest BCUT2D eigenvalue weighted by molar-refractivity contribution is 5.96. The van der Waals surface area contributed by atoms with Crippen molar-refractivity contribution in [1.82, 2.24) is 25.0 Å². The quantitative estimate of drug-likeness (QED) is 0.452. The van der Waals surface area contributed by atoms with Crippen LogP contribution in [0, 0.1) is 5.41 Å². The largest absolute Gasteiger partial charge is 0.395 e. The molecule has 11 heteroatoms. The van der Waals surface area contributed by atoms with Crippen LogP contribution in [0.25, 0.3) is 16.6 Å². The molecular weight excluding hydrogens is 463 g/mol. The Morgan fingerprint density at radius 1 is 1.33 bits per heavy atom. The molecule has 5 N–H and O–H groups in total. The maximum atomic E-state index is 14.2. The molecule has 0 bridgehead atoms. The summed E-state index contributed by atoms with van der Waals surface area (Å²) in [6.45, 7) is 6.31. The van der Waals surface area contributed by atoms with Gasteiger partial charge < -0.3 is 31.4 Å². The standard InChI is InChI=1S/C25H35FN8O2/c1-23(2,36)13-34-19-10-17(29-12-16(19)21(31-34)32-14-24(3,26)15-32)20(28)18(11-27)30-22(35)33-9-5-4-6-25(33)7-8-25/h10-12,27,36H,4-9,13-15,28H2,1-3H3,(H,30,35)/b20-18+,27-11?. The van der Waals surface area contributed by atoms with E-state index in [0.29, 0.717) is 23.6 Å². The first kappa shape index (κ1) is 24.5. The molecule has 2 amide bonds. The van der Waals surface area contributed by atoms with Crippen LogP contribution in [0.15, 0.2) is 18.0 Å². The van der Waals surface area contributed by atoms with Crippen molar-refractivity contribution < 1.29 is 14.3 Å². The summed E-state index contributed by atoms with van der Waals surface area (Å²) in [6, 6.07) is 1.50. The van der Waals surface area contributed by atoms with Crippen molar-refractivity contribution in [1.29, 1.82) is 5.41 Å². The number of nitrogens with two attached hydrogens (primary N) is 1. The number of allylic oxidation sites excluding steroid dienone is 1. The molecule has 194 valence electrons. The number of anilines is 1. The number of piperidine rings is 1. The number of carbonyl (C=O) groups is 1. The summed E-state index contributed by atoms with van der Waals surface area (Å²) >= 11 is 0. The van der Waals surface area contributed by atoms with Crippen molar-refractivity contribution in [3.05, 3.63) is 23.7 Å². The first-order valence-electron chi connectivity index (χ1n) is 12.5. The summed E-state index contributed by atoms with van der Waals surface area (Å²) in [5.41, 5.74) is 5.48. The smallest absolute Gasteiger partial charge is 0.322 e. The van der Waals surface area contributed by atoms with Gasteiger partial charge in [-0.3, -0.25) is 9.67 Å². The number of pyridine rings is 1. The van der Waals surface area contributed by atoms with Crippen molar-refractivity contribution in [2.45, 2.75) is 76.2 Å². The van der Waals surface area contributed by atoms with Crippen LogP contribution in [0.1, 0.15) is 58.6 Å². The van der Waals surface area contributed by atoms with E-state index in [1.807, 2.05) is 9.80 Å². The number of aromatic nitrogens is 3. The lowest BCUT2D eigenvalue weighted by Crippen LogP contribution is -2.57. The topological polar surface area (TPSA) is 136 Å². The molecule has 2 aliphatic heterocycles. The molecule has 5 rings (SSSR count). The lowest BCUT2D eigenvalue weighted by Gasteiger charge is -2.42. The van der Waals surface area contributed by atoms with E-state index in [-0.39, 0.29) is 42.6 Å². The van der Waals surface area contributed by atoms with Gasteiger partial charge in [-0.1, -0.05) is 0 Å². The lowest BCUT2D eigenvalue weighted by atomic mass is 9.99. The van der Waals surface area contributed by atoms with Crippen molar-refractivity contribution in [3.8, 4) is 0 Å². The molecule has 4 heterocycles. The second kappa shape index (κ2) is 8.43. The molecule has 3 fully saturated rings. The fourth-order valence-electron chi connectivity index (χ4n) is 5.40. The molecule has 10 nitrogen and oxygen atoms in total. The van der Waals surface area contributed by atoms with Gasteiger partial charge in [0.2, 0.25) is 0 Å². The van der Waals surface area contributed by atoms with Crippen molar-refractivity contribution >= 4 is 34.7 Å². The predicted octanol–water partition coefficient (Wildman–Crippen LogP) is 2.76. The normalized spacial score (nSPS) is 21.2. The number of hydrogen-bond donors (Lipinski definition) is 4. The summed E-state index contributed by atoms with van der Waals surface area (Å²) in [5.74, 6) is 0.603. The second-order valence-corrected chi connectivity index (χ2v) is 11.4. The van der Waals surface area contributed by atoms with Crippen LogP contribution in [0.3, 0.4) is 0 Å². The van der Waals surface area contributed by atoms with Gasteiger partial charge in [0.1, 0.15) is 5.67 Å². The molecule has 0 radical (unpaired) electrons. The minimum absolute atomic E-state index is 0.0338. The fraction of sp³-hybridized carbons (Fsp3) is 0.600. The monoisotopic (exact) mass is 498 g/mol. The van der Waals surface area contributed by atoms with E-state index in [0.717, 1.165) is 43.7 Å². The molecular formula is C25H35FN8O2. The Balaban J connectivity index is 1.47. The van der Waals surface area contributed by atoms with Gasteiger partial charge in [0.05, 0.1) is 53.2 Å². The van der Waals surface area contributed by atoms with E-state index < -0.39 is 11.3 Å². The number of amides is 2. The number of urea groups is 1. The predicted molar refractivity (Wildman–Crippen MR) is 136 cm³/mol. The van der Waals surface area contributed by atoms with Crippen LogP contribution in [-0.2, 0) is 6.54 Å². The Labute approximate surface area is 209 Å². The Kier molecular flexibility index (Phi) is 5.73. The van der Waals surface area contributed by atoms with Gasteiger partial charge in [0.15, 0.2) is 5.82 Å². The average Bonchev–Trinajstić information content (AvgIpc) is 3.47. The number of fused-ring (bicyclic) bond motifs is 1. The zero-order chi connectivity index (χ0) is 25.9. The molecule has 2 aromatic rings. The van der Waals surface area contributed by atoms with E-state index in [1.54, 1.807) is 37.7 Å². The third-order valence-corrected chi connectivity index (χ3v) is 7.36. The summed E-state index contributed by atoms with van der Waals surface area (Å²) in [5, 5.41) is 26.5. The van der Waals surface area contributed by atoms with Crippen LogP contribution in [-0.4, -0.2) is 73.5 Å². The van der Waals surface area contributed by atoms with Crippen molar-refractivity contribution in [3.63, 3.8) is 0 Å². The molecule has 36 heavy (non-hydrogen) atoms. The van der Waals surface area contributed by atoms with Gasteiger partial charge in [-0.05, 0) is 58.9 Å². The number of aliphatic hydroxyl groups is 1.